The zero-order chi connectivity index (χ0) is 19.1. The summed E-state index contributed by atoms with van der Waals surface area (Å²) in [5.74, 6) is 0.721. The molecule has 1 aliphatic heterocycles. The SMILES string of the molecule is CCc1ccc(C(=O)Nc2cccc(NC(=O)CN3CCCCCC3)c2)o1. The van der Waals surface area contributed by atoms with Crippen molar-refractivity contribution in [3.63, 3.8) is 0 Å². The molecule has 0 unspecified atom stereocenters. The number of aryl methyl sites for hydroxylation is 1. The van der Waals surface area contributed by atoms with Gasteiger partial charge in [0.15, 0.2) is 5.76 Å². The van der Waals surface area contributed by atoms with E-state index in [-0.39, 0.29) is 17.6 Å². The zero-order valence-corrected chi connectivity index (χ0v) is 15.8. The summed E-state index contributed by atoms with van der Waals surface area (Å²) in [7, 11) is 0. The van der Waals surface area contributed by atoms with Gasteiger partial charge in [-0.25, -0.2) is 0 Å². The van der Waals surface area contributed by atoms with Crippen LogP contribution < -0.4 is 10.6 Å². The minimum atomic E-state index is -0.303. The van der Waals surface area contributed by atoms with E-state index in [0.717, 1.165) is 38.1 Å². The Kier molecular flexibility index (Phi) is 6.65. The van der Waals surface area contributed by atoms with Crippen molar-refractivity contribution in [2.75, 3.05) is 30.3 Å². The van der Waals surface area contributed by atoms with E-state index < -0.39 is 0 Å². The first-order chi connectivity index (χ1) is 13.1. The first-order valence-electron chi connectivity index (χ1n) is 9.66. The number of amides is 2. The van der Waals surface area contributed by atoms with Gasteiger partial charge in [0.2, 0.25) is 5.91 Å². The van der Waals surface area contributed by atoms with Crippen molar-refractivity contribution >= 4 is 23.2 Å². The largest absolute Gasteiger partial charge is 0.456 e. The van der Waals surface area contributed by atoms with Gasteiger partial charge in [-0.15, -0.1) is 0 Å². The van der Waals surface area contributed by atoms with Gasteiger partial charge in [-0.1, -0.05) is 25.8 Å². The molecule has 0 radical (unpaired) electrons. The van der Waals surface area contributed by atoms with Crippen LogP contribution in [0.25, 0.3) is 0 Å². The van der Waals surface area contributed by atoms with Gasteiger partial charge in [0, 0.05) is 17.8 Å². The quantitative estimate of drug-likeness (QED) is 0.810. The van der Waals surface area contributed by atoms with Crippen molar-refractivity contribution in [2.45, 2.75) is 39.0 Å². The summed E-state index contributed by atoms with van der Waals surface area (Å²) in [5.41, 5.74) is 1.28. The Morgan fingerprint density at radius 2 is 1.70 bits per heavy atom. The number of hydrogen-bond donors (Lipinski definition) is 2. The Hall–Kier alpha value is -2.60. The highest BCUT2D eigenvalue weighted by atomic mass is 16.3. The number of hydrogen-bond acceptors (Lipinski definition) is 4. The van der Waals surface area contributed by atoms with E-state index in [0.29, 0.717) is 17.9 Å². The second-order valence-electron chi connectivity index (χ2n) is 6.89. The second-order valence-corrected chi connectivity index (χ2v) is 6.89. The predicted molar refractivity (Wildman–Crippen MR) is 106 cm³/mol. The van der Waals surface area contributed by atoms with Crippen LogP contribution in [0.1, 0.15) is 48.9 Å². The Balaban J connectivity index is 1.56. The van der Waals surface area contributed by atoms with Crippen LogP contribution in [-0.2, 0) is 11.2 Å². The molecular formula is C21H27N3O3. The maximum absolute atomic E-state index is 12.3. The number of carbonyl (C=O) groups excluding carboxylic acids is 2. The Labute approximate surface area is 159 Å². The van der Waals surface area contributed by atoms with E-state index in [1.807, 2.05) is 13.0 Å². The summed E-state index contributed by atoms with van der Waals surface area (Å²) < 4.78 is 5.47. The minimum Gasteiger partial charge on any atom is -0.456 e. The molecule has 1 aromatic carbocycles. The first kappa shape index (κ1) is 19.2. The molecule has 1 aromatic heterocycles. The van der Waals surface area contributed by atoms with Gasteiger partial charge in [0.1, 0.15) is 5.76 Å². The molecule has 2 amide bonds. The smallest absolute Gasteiger partial charge is 0.291 e. The van der Waals surface area contributed by atoms with Crippen LogP contribution in [0.4, 0.5) is 11.4 Å². The van der Waals surface area contributed by atoms with Gasteiger partial charge >= 0.3 is 0 Å². The Morgan fingerprint density at radius 3 is 2.37 bits per heavy atom. The molecule has 0 aliphatic carbocycles. The van der Waals surface area contributed by atoms with Gasteiger partial charge < -0.3 is 15.1 Å². The van der Waals surface area contributed by atoms with Crippen LogP contribution >= 0.6 is 0 Å². The van der Waals surface area contributed by atoms with E-state index in [2.05, 4.69) is 15.5 Å². The lowest BCUT2D eigenvalue weighted by atomic mass is 10.2. The highest BCUT2D eigenvalue weighted by Gasteiger charge is 2.14. The number of benzene rings is 1. The van der Waals surface area contributed by atoms with E-state index in [1.54, 1.807) is 30.3 Å². The molecule has 2 aromatic rings. The third-order valence-electron chi connectivity index (χ3n) is 4.70. The van der Waals surface area contributed by atoms with Crippen molar-refractivity contribution in [3.8, 4) is 0 Å². The fourth-order valence-electron chi connectivity index (χ4n) is 3.26. The normalized spacial score (nSPS) is 15.1. The topological polar surface area (TPSA) is 74.6 Å². The van der Waals surface area contributed by atoms with E-state index in [9.17, 15) is 9.59 Å². The van der Waals surface area contributed by atoms with Crippen LogP contribution in [0.3, 0.4) is 0 Å². The minimum absolute atomic E-state index is 0.0287. The van der Waals surface area contributed by atoms with E-state index >= 15 is 0 Å². The number of anilines is 2. The second kappa shape index (κ2) is 9.37. The predicted octanol–water partition coefficient (Wildman–Crippen LogP) is 3.91. The molecular weight excluding hydrogens is 342 g/mol. The lowest BCUT2D eigenvalue weighted by Crippen LogP contribution is -2.33. The molecule has 2 heterocycles. The lowest BCUT2D eigenvalue weighted by molar-refractivity contribution is -0.117. The number of carbonyl (C=O) groups is 2. The summed E-state index contributed by atoms with van der Waals surface area (Å²) >= 11 is 0. The molecule has 1 saturated heterocycles. The fourth-order valence-corrected chi connectivity index (χ4v) is 3.26. The summed E-state index contributed by atoms with van der Waals surface area (Å²) in [4.78, 5) is 26.8. The summed E-state index contributed by atoms with van der Waals surface area (Å²) in [6, 6.07) is 10.6. The molecule has 2 N–H and O–H groups in total. The van der Waals surface area contributed by atoms with Crippen LogP contribution in [-0.4, -0.2) is 36.3 Å². The van der Waals surface area contributed by atoms with Crippen molar-refractivity contribution in [1.29, 1.82) is 0 Å². The van der Waals surface area contributed by atoms with Crippen molar-refractivity contribution < 1.29 is 14.0 Å². The van der Waals surface area contributed by atoms with Crippen LogP contribution in [0, 0.1) is 0 Å². The molecule has 6 nitrogen and oxygen atoms in total. The number of likely N-dealkylation sites (tertiary alicyclic amines) is 1. The van der Waals surface area contributed by atoms with Crippen LogP contribution in [0.15, 0.2) is 40.8 Å². The highest BCUT2D eigenvalue weighted by Crippen LogP contribution is 2.17. The van der Waals surface area contributed by atoms with Gasteiger partial charge in [-0.05, 0) is 56.3 Å². The van der Waals surface area contributed by atoms with Gasteiger partial charge in [0.05, 0.1) is 6.54 Å². The van der Waals surface area contributed by atoms with Crippen LogP contribution in [0.2, 0.25) is 0 Å². The van der Waals surface area contributed by atoms with E-state index in [4.69, 9.17) is 4.42 Å². The number of furan rings is 1. The molecule has 1 fully saturated rings. The lowest BCUT2D eigenvalue weighted by Gasteiger charge is -2.19. The monoisotopic (exact) mass is 369 g/mol. The molecule has 6 heteroatoms. The fraction of sp³-hybridized carbons (Fsp3) is 0.429. The Morgan fingerprint density at radius 1 is 1.00 bits per heavy atom. The molecule has 0 saturated carbocycles. The molecule has 0 atom stereocenters. The molecule has 27 heavy (non-hydrogen) atoms. The number of nitrogens with one attached hydrogen (secondary N) is 2. The average Bonchev–Trinajstić information content (AvgIpc) is 3.00. The Bertz CT molecular complexity index is 776. The van der Waals surface area contributed by atoms with Crippen molar-refractivity contribution in [1.82, 2.24) is 4.90 Å². The molecule has 3 rings (SSSR count). The summed E-state index contributed by atoms with van der Waals surface area (Å²) in [6.07, 6.45) is 5.54. The first-order valence-corrected chi connectivity index (χ1v) is 9.66. The third kappa shape index (κ3) is 5.69. The molecule has 0 bridgehead atoms. The molecule has 0 spiro atoms. The number of rotatable bonds is 6. The zero-order valence-electron chi connectivity index (χ0n) is 15.8. The van der Waals surface area contributed by atoms with E-state index in [1.165, 1.54) is 12.8 Å². The van der Waals surface area contributed by atoms with Crippen molar-refractivity contribution in [2.24, 2.45) is 0 Å². The third-order valence-corrected chi connectivity index (χ3v) is 4.70. The summed E-state index contributed by atoms with van der Waals surface area (Å²) in [5, 5.41) is 5.73. The maximum Gasteiger partial charge on any atom is 0.291 e. The standard InChI is InChI=1S/C21H27N3O3/c1-2-18-10-11-19(27-18)21(26)23-17-9-7-8-16(14-17)22-20(25)15-24-12-5-3-4-6-13-24/h7-11,14H,2-6,12-13,15H2,1H3,(H,22,25)(H,23,26). The highest BCUT2D eigenvalue weighted by molar-refractivity contribution is 6.02. The average molecular weight is 369 g/mol. The van der Waals surface area contributed by atoms with Gasteiger partial charge in [-0.3, -0.25) is 14.5 Å². The maximum atomic E-state index is 12.3. The van der Waals surface area contributed by atoms with Gasteiger partial charge in [-0.2, -0.15) is 0 Å². The molecule has 144 valence electrons. The van der Waals surface area contributed by atoms with Crippen LogP contribution in [0.5, 0.6) is 0 Å². The van der Waals surface area contributed by atoms with Gasteiger partial charge in [0.25, 0.3) is 5.91 Å². The molecule has 1 aliphatic rings. The number of nitrogens with zero attached hydrogens (tertiary/aromatic N) is 1. The summed E-state index contributed by atoms with van der Waals surface area (Å²) in [6.45, 7) is 4.33. The van der Waals surface area contributed by atoms with Crippen molar-refractivity contribution in [3.05, 3.63) is 47.9 Å².